The molecule has 1 spiro atoms. The second-order valence-electron chi connectivity index (χ2n) is 9.94. The molecule has 5 aromatic carbocycles. The number of para-hydroxylation sites is 2. The van der Waals surface area contributed by atoms with Crippen LogP contribution in [0.2, 0.25) is 0 Å². The van der Waals surface area contributed by atoms with Crippen molar-refractivity contribution in [1.29, 1.82) is 0 Å². The van der Waals surface area contributed by atoms with Crippen molar-refractivity contribution in [3.8, 4) is 0 Å². The molecular formula is C34H23NO2S. The van der Waals surface area contributed by atoms with Crippen molar-refractivity contribution in [3.05, 3.63) is 149 Å². The summed E-state index contributed by atoms with van der Waals surface area (Å²) in [5.41, 5.74) is 9.52. The zero-order chi connectivity index (χ0) is 25.3. The van der Waals surface area contributed by atoms with Crippen LogP contribution in [-0.4, -0.2) is 12.6 Å². The molecule has 0 bridgehead atoms. The standard InChI is InChI=1S/C34H23NO2S/c36-33-24-21-23(18-17-22(24)19-20-37-33)35-29-13-5-1-9-25(29)34(26-10-2-6-14-30(26)35)27-11-3-7-15-31(27)38-32-16-8-4-12-28(32)34/h1-18,21H,19-20H2. The number of carbonyl (C=O) groups excluding carboxylic acids is 1. The van der Waals surface area contributed by atoms with Crippen molar-refractivity contribution in [2.24, 2.45) is 0 Å². The highest BCUT2D eigenvalue weighted by Gasteiger charge is 2.50. The Kier molecular flexibility index (Phi) is 4.65. The summed E-state index contributed by atoms with van der Waals surface area (Å²) in [6.45, 7) is 0.444. The quantitative estimate of drug-likeness (QED) is 0.210. The van der Waals surface area contributed by atoms with E-state index in [1.165, 1.54) is 32.0 Å². The number of carbonyl (C=O) groups is 1. The Morgan fingerprint density at radius 1 is 0.658 bits per heavy atom. The molecule has 8 rings (SSSR count). The van der Waals surface area contributed by atoms with Gasteiger partial charge in [0.25, 0.3) is 0 Å². The summed E-state index contributed by atoms with van der Waals surface area (Å²) in [5.74, 6) is -0.240. The van der Waals surface area contributed by atoms with E-state index in [2.05, 4.69) is 114 Å². The van der Waals surface area contributed by atoms with Gasteiger partial charge in [-0.25, -0.2) is 4.79 Å². The van der Waals surface area contributed by atoms with Gasteiger partial charge in [-0.15, -0.1) is 0 Å². The predicted octanol–water partition coefficient (Wildman–Crippen LogP) is 8.03. The van der Waals surface area contributed by atoms with Gasteiger partial charge in [0.1, 0.15) is 0 Å². The van der Waals surface area contributed by atoms with Crippen molar-refractivity contribution in [1.82, 2.24) is 0 Å². The zero-order valence-corrected chi connectivity index (χ0v) is 21.4. The van der Waals surface area contributed by atoms with Gasteiger partial charge in [-0.2, -0.15) is 0 Å². The average Bonchev–Trinajstić information content (AvgIpc) is 2.97. The third-order valence-electron chi connectivity index (χ3n) is 8.08. The largest absolute Gasteiger partial charge is 0.462 e. The van der Waals surface area contributed by atoms with Gasteiger partial charge in [0, 0.05) is 21.9 Å². The number of hydrogen-bond acceptors (Lipinski definition) is 4. The number of cyclic esters (lactones) is 1. The van der Waals surface area contributed by atoms with Gasteiger partial charge in [0.15, 0.2) is 0 Å². The first-order valence-corrected chi connectivity index (χ1v) is 13.7. The molecule has 0 radical (unpaired) electrons. The Labute approximate surface area is 225 Å². The van der Waals surface area contributed by atoms with E-state index in [9.17, 15) is 4.79 Å². The van der Waals surface area contributed by atoms with Crippen LogP contribution in [0.25, 0.3) is 0 Å². The summed E-state index contributed by atoms with van der Waals surface area (Å²) in [6, 6.07) is 41.3. The van der Waals surface area contributed by atoms with Gasteiger partial charge in [-0.05, 0) is 64.2 Å². The first-order valence-electron chi connectivity index (χ1n) is 12.9. The average molecular weight is 510 g/mol. The van der Waals surface area contributed by atoms with E-state index in [1.54, 1.807) is 0 Å². The van der Waals surface area contributed by atoms with E-state index in [-0.39, 0.29) is 5.97 Å². The smallest absolute Gasteiger partial charge is 0.338 e. The van der Waals surface area contributed by atoms with Crippen molar-refractivity contribution in [2.75, 3.05) is 11.5 Å². The number of esters is 1. The SMILES string of the molecule is O=C1OCCc2ccc(N3c4ccccc4C4(c5ccccc5Sc5ccccc54)c4ccccc43)cc21. The second kappa shape index (κ2) is 8.11. The van der Waals surface area contributed by atoms with E-state index in [0.29, 0.717) is 12.2 Å². The van der Waals surface area contributed by atoms with E-state index in [1.807, 2.05) is 17.8 Å². The summed E-state index contributed by atoms with van der Waals surface area (Å²) in [6.07, 6.45) is 0.753. The topological polar surface area (TPSA) is 29.5 Å². The highest BCUT2D eigenvalue weighted by molar-refractivity contribution is 7.99. The third-order valence-corrected chi connectivity index (χ3v) is 9.23. The molecule has 3 aliphatic heterocycles. The number of rotatable bonds is 1. The van der Waals surface area contributed by atoms with Gasteiger partial charge in [-0.1, -0.05) is 90.6 Å². The lowest BCUT2D eigenvalue weighted by Gasteiger charge is -2.49. The first-order chi connectivity index (χ1) is 18.8. The monoisotopic (exact) mass is 509 g/mol. The minimum absolute atomic E-state index is 0.240. The molecule has 5 aromatic rings. The molecule has 0 saturated heterocycles. The van der Waals surface area contributed by atoms with Crippen molar-refractivity contribution < 1.29 is 9.53 Å². The highest BCUT2D eigenvalue weighted by Crippen LogP contribution is 2.62. The van der Waals surface area contributed by atoms with Gasteiger partial charge >= 0.3 is 5.97 Å². The molecule has 3 aliphatic rings. The van der Waals surface area contributed by atoms with Crippen molar-refractivity contribution in [3.63, 3.8) is 0 Å². The fraction of sp³-hybridized carbons (Fsp3) is 0.0882. The van der Waals surface area contributed by atoms with E-state index in [0.717, 1.165) is 29.0 Å². The molecule has 38 heavy (non-hydrogen) atoms. The number of benzene rings is 5. The van der Waals surface area contributed by atoms with E-state index in [4.69, 9.17) is 4.74 Å². The van der Waals surface area contributed by atoms with Crippen LogP contribution in [0.15, 0.2) is 125 Å². The predicted molar refractivity (Wildman–Crippen MR) is 151 cm³/mol. The van der Waals surface area contributed by atoms with Gasteiger partial charge in [-0.3, -0.25) is 0 Å². The lowest BCUT2D eigenvalue weighted by atomic mass is 9.62. The summed E-state index contributed by atoms with van der Waals surface area (Å²) >= 11 is 1.85. The molecule has 182 valence electrons. The van der Waals surface area contributed by atoms with Crippen LogP contribution >= 0.6 is 11.8 Å². The van der Waals surface area contributed by atoms with Crippen LogP contribution in [0, 0.1) is 0 Å². The van der Waals surface area contributed by atoms with Gasteiger partial charge in [0.2, 0.25) is 0 Å². The van der Waals surface area contributed by atoms with Crippen LogP contribution in [0.1, 0.15) is 38.2 Å². The minimum atomic E-state index is -0.463. The number of hydrogen-bond donors (Lipinski definition) is 0. The minimum Gasteiger partial charge on any atom is -0.462 e. The molecule has 3 nitrogen and oxygen atoms in total. The number of anilines is 3. The first kappa shape index (κ1) is 21.8. The normalized spacial score (nSPS) is 16.0. The fourth-order valence-corrected chi connectivity index (χ4v) is 7.73. The maximum Gasteiger partial charge on any atom is 0.338 e. The zero-order valence-electron chi connectivity index (χ0n) is 20.6. The molecule has 4 heteroatoms. The molecule has 0 atom stereocenters. The van der Waals surface area contributed by atoms with Crippen molar-refractivity contribution in [2.45, 2.75) is 21.6 Å². The summed E-state index contributed by atoms with van der Waals surface area (Å²) in [4.78, 5) is 17.6. The Hall–Kier alpha value is -4.28. The lowest BCUT2D eigenvalue weighted by Crippen LogP contribution is -2.39. The van der Waals surface area contributed by atoms with Gasteiger partial charge < -0.3 is 9.64 Å². The van der Waals surface area contributed by atoms with Crippen LogP contribution < -0.4 is 4.90 Å². The van der Waals surface area contributed by atoms with Crippen LogP contribution in [0.5, 0.6) is 0 Å². The van der Waals surface area contributed by atoms with E-state index < -0.39 is 5.41 Å². The van der Waals surface area contributed by atoms with E-state index >= 15 is 0 Å². The maximum absolute atomic E-state index is 12.7. The molecule has 0 unspecified atom stereocenters. The Bertz CT molecular complexity index is 1680. The third kappa shape index (κ3) is 2.84. The highest BCUT2D eigenvalue weighted by atomic mass is 32.2. The number of ether oxygens (including phenoxy) is 1. The maximum atomic E-state index is 12.7. The number of nitrogens with zero attached hydrogens (tertiary/aromatic N) is 1. The summed E-state index contributed by atoms with van der Waals surface area (Å²) in [7, 11) is 0. The summed E-state index contributed by atoms with van der Waals surface area (Å²) in [5, 5.41) is 0. The van der Waals surface area contributed by atoms with Crippen LogP contribution in [0.4, 0.5) is 17.1 Å². The molecule has 0 fully saturated rings. The molecule has 0 saturated carbocycles. The van der Waals surface area contributed by atoms with Crippen LogP contribution in [0.3, 0.4) is 0 Å². The molecule has 3 heterocycles. The van der Waals surface area contributed by atoms with Crippen molar-refractivity contribution >= 4 is 34.8 Å². The Morgan fingerprint density at radius 3 is 1.84 bits per heavy atom. The lowest BCUT2D eigenvalue weighted by molar-refractivity contribution is 0.0480. The molecular weight excluding hydrogens is 486 g/mol. The van der Waals surface area contributed by atoms with Crippen LogP contribution in [-0.2, 0) is 16.6 Å². The van der Waals surface area contributed by atoms with Gasteiger partial charge in [0.05, 0.1) is 29.0 Å². The fourth-order valence-electron chi connectivity index (χ4n) is 6.54. The Balaban J connectivity index is 1.48. The molecule has 0 N–H and O–H groups in total. The number of fused-ring (bicyclic) bond motifs is 9. The summed E-state index contributed by atoms with van der Waals surface area (Å²) < 4.78 is 5.39. The second-order valence-corrected chi connectivity index (χ2v) is 11.0. The Morgan fingerprint density at radius 2 is 1.21 bits per heavy atom. The molecule has 0 aromatic heterocycles. The molecule has 0 aliphatic carbocycles. The molecule has 0 amide bonds.